The minimum Gasteiger partial charge on any atom is -0.490 e. The van der Waals surface area contributed by atoms with Crippen LogP contribution in [-0.2, 0) is 9.59 Å². The van der Waals surface area contributed by atoms with Crippen molar-refractivity contribution in [2.75, 3.05) is 14.1 Å². The maximum Gasteiger partial charge on any atom is 0.258 e. The second-order valence-corrected chi connectivity index (χ2v) is 16.0. The molecule has 0 radical (unpaired) electrons. The number of hydrogen-bond donors (Lipinski definition) is 2. The summed E-state index contributed by atoms with van der Waals surface area (Å²) in [6.45, 7) is 7.38. The van der Waals surface area contributed by atoms with E-state index >= 15 is 0 Å². The second-order valence-electron chi connectivity index (χ2n) is 15.2. The molecule has 12 heteroatoms. The quantitative estimate of drug-likeness (QED) is 0.194. The normalized spacial score (nSPS) is 24.3. The van der Waals surface area contributed by atoms with E-state index in [1.165, 1.54) is 9.80 Å². The molecule has 2 aliphatic rings. The van der Waals surface area contributed by atoms with Crippen molar-refractivity contribution in [3.63, 3.8) is 0 Å². The van der Waals surface area contributed by atoms with Gasteiger partial charge in [0.15, 0.2) is 0 Å². The summed E-state index contributed by atoms with van der Waals surface area (Å²) < 4.78 is 12.1. The van der Waals surface area contributed by atoms with Crippen LogP contribution in [0.15, 0.2) is 121 Å². The lowest BCUT2D eigenvalue weighted by Crippen LogP contribution is -2.47. The van der Waals surface area contributed by atoms with Gasteiger partial charge in [-0.15, -0.1) is 0 Å². The van der Waals surface area contributed by atoms with Gasteiger partial charge in [-0.05, 0) is 100 Å². The number of carbonyl (C=O) groups excluding carboxylic acids is 4. The summed E-state index contributed by atoms with van der Waals surface area (Å²) in [5.74, 6) is 0.0780. The van der Waals surface area contributed by atoms with Crippen molar-refractivity contribution in [3.8, 4) is 11.5 Å². The Morgan fingerprint density at radius 1 is 0.517 bits per heavy atom. The number of para-hydroxylation sites is 2. The van der Waals surface area contributed by atoms with Crippen LogP contribution < -0.4 is 20.1 Å². The molecule has 0 saturated heterocycles. The summed E-state index contributed by atoms with van der Waals surface area (Å²) in [4.78, 5) is 55.0. The van der Waals surface area contributed by atoms with Crippen LogP contribution in [-0.4, -0.2) is 71.8 Å². The lowest BCUT2D eigenvalue weighted by Gasteiger charge is -2.28. The summed E-state index contributed by atoms with van der Waals surface area (Å²) in [6.07, 6.45) is 10.6. The molecule has 0 saturated carbocycles. The molecule has 316 valence electrons. The van der Waals surface area contributed by atoms with Gasteiger partial charge < -0.3 is 29.9 Å². The number of amides is 4. The van der Waals surface area contributed by atoms with Gasteiger partial charge >= 0.3 is 0 Å². The van der Waals surface area contributed by atoms with Crippen molar-refractivity contribution in [3.05, 3.63) is 154 Å². The number of halogens is 2. The SMILES string of the molecule is C[C@@H]1C/C=C/C[C@@H](c2cccc(Cl)c2)NC(=O)[C@H](C)N(C)C(=O)c2ccccc2O1.C[C@@H]1C/C=C\C[C@@H](c2cccc(Cl)c2)NC(=O)[C@H](C)N(C)C(=O)c2ccccc2O1. The molecule has 2 aliphatic heterocycles. The van der Waals surface area contributed by atoms with Gasteiger partial charge in [-0.1, -0.05) is 96.0 Å². The molecule has 60 heavy (non-hydrogen) atoms. The second kappa shape index (κ2) is 21.6. The van der Waals surface area contributed by atoms with E-state index in [9.17, 15) is 19.2 Å². The third kappa shape index (κ3) is 12.2. The molecule has 2 N–H and O–H groups in total. The van der Waals surface area contributed by atoms with Crippen molar-refractivity contribution in [1.29, 1.82) is 0 Å². The van der Waals surface area contributed by atoms with Crippen LogP contribution in [0.3, 0.4) is 0 Å². The average Bonchev–Trinajstić information content (AvgIpc) is 3.24. The Labute approximate surface area is 363 Å². The summed E-state index contributed by atoms with van der Waals surface area (Å²) in [7, 11) is 3.26. The lowest BCUT2D eigenvalue weighted by molar-refractivity contribution is -0.126. The molecule has 10 nitrogen and oxygen atoms in total. The Balaban J connectivity index is 0.000000228. The van der Waals surface area contributed by atoms with Crippen LogP contribution >= 0.6 is 23.2 Å². The fraction of sp³-hybridized carbons (Fsp3) is 0.333. The summed E-state index contributed by atoms with van der Waals surface area (Å²) in [5, 5.41) is 7.38. The van der Waals surface area contributed by atoms with E-state index in [-0.39, 0.29) is 47.9 Å². The highest BCUT2D eigenvalue weighted by molar-refractivity contribution is 6.30. The molecular weight excluding hydrogens is 799 g/mol. The van der Waals surface area contributed by atoms with E-state index in [4.69, 9.17) is 32.7 Å². The number of nitrogens with one attached hydrogen (secondary N) is 2. The van der Waals surface area contributed by atoms with Crippen molar-refractivity contribution >= 4 is 46.8 Å². The highest BCUT2D eigenvalue weighted by Gasteiger charge is 2.29. The summed E-state index contributed by atoms with van der Waals surface area (Å²) >= 11 is 12.3. The molecule has 6 rings (SSSR count). The minimum absolute atomic E-state index is 0.0971. The van der Waals surface area contributed by atoms with Crippen molar-refractivity contribution < 1.29 is 28.7 Å². The van der Waals surface area contributed by atoms with Crippen LogP contribution in [0.2, 0.25) is 10.0 Å². The third-order valence-corrected chi connectivity index (χ3v) is 11.1. The lowest BCUT2D eigenvalue weighted by atomic mass is 10.0. The Hall–Kier alpha value is -5.58. The number of hydrogen-bond acceptors (Lipinski definition) is 6. The van der Waals surface area contributed by atoms with E-state index in [1.54, 1.807) is 76.5 Å². The largest absolute Gasteiger partial charge is 0.490 e. The van der Waals surface area contributed by atoms with Gasteiger partial charge in [-0.25, -0.2) is 0 Å². The highest BCUT2D eigenvalue weighted by Crippen LogP contribution is 2.27. The van der Waals surface area contributed by atoms with Gasteiger partial charge in [0, 0.05) is 37.0 Å². The van der Waals surface area contributed by atoms with E-state index in [0.29, 0.717) is 58.4 Å². The number of rotatable bonds is 2. The van der Waals surface area contributed by atoms with Gasteiger partial charge in [-0.2, -0.15) is 0 Å². The Kier molecular flexibility index (Phi) is 16.4. The van der Waals surface area contributed by atoms with Gasteiger partial charge in [-0.3, -0.25) is 19.2 Å². The molecule has 4 amide bonds. The number of nitrogens with zero attached hydrogens (tertiary/aromatic N) is 2. The number of ether oxygens (including phenoxy) is 2. The smallest absolute Gasteiger partial charge is 0.258 e. The molecule has 0 spiro atoms. The standard InChI is InChI=1S/2C24H27ClN2O3/c2*1-16-9-4-6-13-21(18-10-8-11-19(25)15-18)26-23(28)17(2)27(3)24(29)20-12-5-7-14-22(20)30-16/h2*4-8,10-12,14-17,21H,9,13H2,1-3H3,(H,26,28)/b6-4+;6-4-/t2*16-,17+,21+/m11/s1. The third-order valence-electron chi connectivity index (χ3n) is 10.6. The van der Waals surface area contributed by atoms with E-state index < -0.39 is 12.1 Å². The van der Waals surface area contributed by atoms with E-state index in [1.807, 2.05) is 86.7 Å². The molecule has 6 atom stereocenters. The predicted molar refractivity (Wildman–Crippen MR) is 238 cm³/mol. The van der Waals surface area contributed by atoms with Crippen molar-refractivity contribution in [2.45, 2.75) is 89.8 Å². The van der Waals surface area contributed by atoms with Gasteiger partial charge in [0.1, 0.15) is 23.6 Å². The fourth-order valence-electron chi connectivity index (χ4n) is 6.73. The average molecular weight is 854 g/mol. The maximum atomic E-state index is 13.1. The predicted octanol–water partition coefficient (Wildman–Crippen LogP) is 9.55. The zero-order chi connectivity index (χ0) is 43.3. The van der Waals surface area contributed by atoms with Crippen LogP contribution in [0, 0.1) is 0 Å². The first-order valence-electron chi connectivity index (χ1n) is 20.2. The molecule has 0 fully saturated rings. The molecule has 2 heterocycles. The van der Waals surface area contributed by atoms with E-state index in [0.717, 1.165) is 11.1 Å². The van der Waals surface area contributed by atoms with Gasteiger partial charge in [0.2, 0.25) is 11.8 Å². The molecule has 0 aliphatic carbocycles. The van der Waals surface area contributed by atoms with E-state index in [2.05, 4.69) is 10.6 Å². The minimum atomic E-state index is -0.656. The first kappa shape index (κ1) is 45.5. The summed E-state index contributed by atoms with van der Waals surface area (Å²) in [6, 6.07) is 27.4. The highest BCUT2D eigenvalue weighted by atomic mass is 35.5. The molecule has 0 aromatic heterocycles. The Morgan fingerprint density at radius 2 is 0.883 bits per heavy atom. The number of likely N-dealkylation sites (N-methyl/N-ethyl adjacent to an activating group) is 2. The zero-order valence-electron chi connectivity index (χ0n) is 34.9. The Bertz CT molecular complexity index is 2040. The van der Waals surface area contributed by atoms with Crippen LogP contribution in [0.4, 0.5) is 0 Å². The molecule has 0 unspecified atom stereocenters. The number of benzene rings is 4. The van der Waals surface area contributed by atoms with Crippen LogP contribution in [0.25, 0.3) is 0 Å². The zero-order valence-corrected chi connectivity index (χ0v) is 36.5. The van der Waals surface area contributed by atoms with Crippen molar-refractivity contribution in [1.82, 2.24) is 20.4 Å². The first-order chi connectivity index (χ1) is 28.7. The molecular formula is C48H54Cl2N4O6. The molecule has 4 aromatic rings. The monoisotopic (exact) mass is 852 g/mol. The maximum absolute atomic E-state index is 13.1. The topological polar surface area (TPSA) is 117 Å². The van der Waals surface area contributed by atoms with Gasteiger partial charge in [0.05, 0.1) is 35.4 Å². The Morgan fingerprint density at radius 3 is 1.27 bits per heavy atom. The van der Waals surface area contributed by atoms with Gasteiger partial charge in [0.25, 0.3) is 11.8 Å². The number of fused-ring (bicyclic) bond motifs is 2. The fourth-order valence-corrected chi connectivity index (χ4v) is 7.13. The molecule has 0 bridgehead atoms. The first-order valence-corrected chi connectivity index (χ1v) is 21.0. The summed E-state index contributed by atoms with van der Waals surface area (Å²) in [5.41, 5.74) is 2.73. The van der Waals surface area contributed by atoms with Crippen LogP contribution in [0.1, 0.15) is 97.3 Å². The van der Waals surface area contributed by atoms with Crippen LogP contribution in [0.5, 0.6) is 11.5 Å². The number of carbonyl (C=O) groups is 4. The van der Waals surface area contributed by atoms with Crippen molar-refractivity contribution in [2.24, 2.45) is 0 Å². The molecule has 4 aromatic carbocycles.